The molecule has 0 aliphatic rings. The molecule has 0 heterocycles. The summed E-state index contributed by atoms with van der Waals surface area (Å²) < 4.78 is 0. The zero-order valence-corrected chi connectivity index (χ0v) is 6.65. The van der Waals surface area contributed by atoms with Gasteiger partial charge in [-0.2, -0.15) is 0 Å². The van der Waals surface area contributed by atoms with Crippen LogP contribution in [0.4, 0.5) is 0 Å². The molecule has 56 valence electrons. The summed E-state index contributed by atoms with van der Waals surface area (Å²) in [6.07, 6.45) is -0.153. The van der Waals surface area contributed by atoms with Gasteiger partial charge >= 0.3 is 0 Å². The largest absolute Gasteiger partial charge is 0.388 e. The number of likely N-dealkylation sites (N-methyl/N-ethyl adjacent to an activating group) is 1. The van der Waals surface area contributed by atoms with Crippen molar-refractivity contribution in [2.45, 2.75) is 26.9 Å². The van der Waals surface area contributed by atoms with Gasteiger partial charge in [-0.3, -0.25) is 0 Å². The lowest BCUT2D eigenvalue weighted by atomic mass is 10.3. The highest BCUT2D eigenvalue weighted by Gasteiger charge is 2.04. The molecule has 0 bridgehead atoms. The molecule has 2 nitrogen and oxygen atoms in total. The van der Waals surface area contributed by atoms with E-state index < -0.39 is 0 Å². The molecule has 0 aromatic rings. The number of nitrogens with one attached hydrogen (secondary N) is 1. The molecule has 0 aliphatic heterocycles. The van der Waals surface area contributed by atoms with Gasteiger partial charge in [0.25, 0.3) is 0 Å². The lowest BCUT2D eigenvalue weighted by Crippen LogP contribution is -3.12. The topological polar surface area (TPSA) is 24.7 Å². The summed E-state index contributed by atoms with van der Waals surface area (Å²) in [6, 6.07) is 0. The van der Waals surface area contributed by atoms with E-state index in [0.717, 1.165) is 19.6 Å². The maximum Gasteiger partial charge on any atom is 0.103 e. The summed E-state index contributed by atoms with van der Waals surface area (Å²) in [4.78, 5) is 1.46. The summed E-state index contributed by atoms with van der Waals surface area (Å²) >= 11 is 0. The van der Waals surface area contributed by atoms with Crippen LogP contribution in [0.3, 0.4) is 0 Å². The number of aliphatic hydroxyl groups excluding tert-OH is 1. The fourth-order valence-corrected chi connectivity index (χ4v) is 0.956. The molecule has 0 rings (SSSR count). The van der Waals surface area contributed by atoms with E-state index >= 15 is 0 Å². The van der Waals surface area contributed by atoms with Crippen molar-refractivity contribution in [1.82, 2.24) is 0 Å². The third-order valence-corrected chi connectivity index (χ3v) is 1.58. The fourth-order valence-electron chi connectivity index (χ4n) is 0.956. The average molecular weight is 132 g/mol. The van der Waals surface area contributed by atoms with E-state index in [1.807, 2.05) is 6.92 Å². The van der Waals surface area contributed by atoms with Crippen LogP contribution in [0.5, 0.6) is 0 Å². The Morgan fingerprint density at radius 3 is 1.89 bits per heavy atom. The van der Waals surface area contributed by atoms with Crippen LogP contribution in [-0.4, -0.2) is 30.8 Å². The molecule has 2 N–H and O–H groups in total. The van der Waals surface area contributed by atoms with Gasteiger partial charge in [-0.05, 0) is 20.8 Å². The Kier molecular flexibility index (Phi) is 4.72. The predicted molar refractivity (Wildman–Crippen MR) is 38.6 cm³/mol. The molecule has 1 atom stereocenters. The molecule has 0 amide bonds. The maximum absolute atomic E-state index is 8.96. The fraction of sp³-hybridized carbons (Fsp3) is 1.00. The van der Waals surface area contributed by atoms with Gasteiger partial charge in [0.1, 0.15) is 12.6 Å². The number of rotatable bonds is 4. The van der Waals surface area contributed by atoms with E-state index in [4.69, 9.17) is 5.11 Å². The predicted octanol–water partition coefficient (Wildman–Crippen LogP) is -0.708. The van der Waals surface area contributed by atoms with Gasteiger partial charge < -0.3 is 10.0 Å². The van der Waals surface area contributed by atoms with Crippen molar-refractivity contribution in [3.8, 4) is 0 Å². The second-order valence-corrected chi connectivity index (χ2v) is 2.51. The first-order valence-corrected chi connectivity index (χ1v) is 3.72. The Morgan fingerprint density at radius 2 is 1.78 bits per heavy atom. The smallest absolute Gasteiger partial charge is 0.103 e. The highest BCUT2D eigenvalue weighted by Crippen LogP contribution is 1.68. The Balaban J connectivity index is 3.31. The van der Waals surface area contributed by atoms with Crippen LogP contribution < -0.4 is 4.90 Å². The Bertz CT molecular complexity index is 59.9. The monoisotopic (exact) mass is 132 g/mol. The second kappa shape index (κ2) is 4.77. The van der Waals surface area contributed by atoms with Gasteiger partial charge in [-0.1, -0.05) is 0 Å². The van der Waals surface area contributed by atoms with Crippen LogP contribution in [0, 0.1) is 0 Å². The molecule has 0 unspecified atom stereocenters. The van der Waals surface area contributed by atoms with Crippen LogP contribution in [0.2, 0.25) is 0 Å². The zero-order chi connectivity index (χ0) is 7.28. The minimum atomic E-state index is -0.153. The quantitative estimate of drug-likeness (QED) is 0.519. The molecule has 0 aliphatic carbocycles. The van der Waals surface area contributed by atoms with Crippen molar-refractivity contribution >= 4 is 0 Å². The molecule has 0 spiro atoms. The second-order valence-electron chi connectivity index (χ2n) is 2.51. The summed E-state index contributed by atoms with van der Waals surface area (Å²) in [5.74, 6) is 0. The molecular weight excluding hydrogens is 114 g/mol. The van der Waals surface area contributed by atoms with E-state index in [1.165, 1.54) is 4.90 Å². The van der Waals surface area contributed by atoms with Crippen LogP contribution in [0.1, 0.15) is 20.8 Å². The van der Waals surface area contributed by atoms with Crippen LogP contribution in [0.25, 0.3) is 0 Å². The average Bonchev–Trinajstić information content (AvgIpc) is 1.82. The summed E-state index contributed by atoms with van der Waals surface area (Å²) in [7, 11) is 0. The van der Waals surface area contributed by atoms with Crippen molar-refractivity contribution < 1.29 is 10.0 Å². The molecule has 0 aromatic heterocycles. The molecule has 0 aromatic carbocycles. The van der Waals surface area contributed by atoms with E-state index in [9.17, 15) is 0 Å². The minimum Gasteiger partial charge on any atom is -0.388 e. The Morgan fingerprint density at radius 1 is 1.33 bits per heavy atom. The lowest BCUT2D eigenvalue weighted by molar-refractivity contribution is -0.899. The van der Waals surface area contributed by atoms with Gasteiger partial charge in [0, 0.05) is 0 Å². The minimum absolute atomic E-state index is 0.153. The highest BCUT2D eigenvalue weighted by atomic mass is 16.3. The van der Waals surface area contributed by atoms with E-state index in [0.29, 0.717) is 0 Å². The van der Waals surface area contributed by atoms with Gasteiger partial charge in [0.05, 0.1) is 13.1 Å². The van der Waals surface area contributed by atoms with Gasteiger partial charge in [-0.25, -0.2) is 0 Å². The molecule has 0 saturated heterocycles. The molecule has 0 saturated carbocycles. The first-order chi connectivity index (χ1) is 4.20. The summed E-state index contributed by atoms with van der Waals surface area (Å²) in [5, 5.41) is 8.96. The zero-order valence-electron chi connectivity index (χ0n) is 6.65. The standard InChI is InChI=1S/C7H17NO/c1-4-8(5-2)6-7(3)9/h7,9H,4-6H2,1-3H3/p+1/t7-/m1/s1. The van der Waals surface area contributed by atoms with Gasteiger partial charge in [-0.15, -0.1) is 0 Å². The van der Waals surface area contributed by atoms with E-state index in [-0.39, 0.29) is 6.10 Å². The number of hydrogen-bond donors (Lipinski definition) is 2. The van der Waals surface area contributed by atoms with Crippen LogP contribution in [-0.2, 0) is 0 Å². The Labute approximate surface area is 57.5 Å². The van der Waals surface area contributed by atoms with Crippen molar-refractivity contribution in [3.63, 3.8) is 0 Å². The van der Waals surface area contributed by atoms with E-state index in [2.05, 4.69) is 13.8 Å². The highest BCUT2D eigenvalue weighted by molar-refractivity contribution is 4.37. The molecule has 9 heavy (non-hydrogen) atoms. The van der Waals surface area contributed by atoms with E-state index in [1.54, 1.807) is 0 Å². The first kappa shape index (κ1) is 8.92. The molecule has 0 radical (unpaired) electrons. The Hall–Kier alpha value is -0.0800. The van der Waals surface area contributed by atoms with Crippen molar-refractivity contribution in [1.29, 1.82) is 0 Å². The maximum atomic E-state index is 8.96. The van der Waals surface area contributed by atoms with Gasteiger partial charge in [0.15, 0.2) is 0 Å². The summed E-state index contributed by atoms with van der Waals surface area (Å²) in [5.41, 5.74) is 0. The number of hydrogen-bond acceptors (Lipinski definition) is 1. The molecular formula is C7H18NO+. The van der Waals surface area contributed by atoms with Crippen molar-refractivity contribution in [3.05, 3.63) is 0 Å². The normalized spacial score (nSPS) is 14.3. The number of aliphatic hydroxyl groups is 1. The third-order valence-electron chi connectivity index (χ3n) is 1.58. The molecule has 2 heteroatoms. The first-order valence-electron chi connectivity index (χ1n) is 3.72. The van der Waals surface area contributed by atoms with Crippen molar-refractivity contribution in [2.75, 3.05) is 19.6 Å². The van der Waals surface area contributed by atoms with Crippen LogP contribution in [0.15, 0.2) is 0 Å². The van der Waals surface area contributed by atoms with Crippen molar-refractivity contribution in [2.24, 2.45) is 0 Å². The number of quaternary nitrogens is 1. The van der Waals surface area contributed by atoms with Gasteiger partial charge in [0.2, 0.25) is 0 Å². The van der Waals surface area contributed by atoms with Crippen LogP contribution >= 0.6 is 0 Å². The molecule has 0 fully saturated rings. The summed E-state index contributed by atoms with van der Waals surface area (Å²) in [6.45, 7) is 9.23. The third kappa shape index (κ3) is 4.43. The lowest BCUT2D eigenvalue weighted by Gasteiger charge is -2.16. The SMILES string of the molecule is CC[NH+](CC)C[C@@H](C)O.